The summed E-state index contributed by atoms with van der Waals surface area (Å²) in [7, 11) is 5.15. The molecule has 8 heteroatoms. The van der Waals surface area contributed by atoms with Crippen LogP contribution in [0.3, 0.4) is 0 Å². The van der Waals surface area contributed by atoms with Crippen LogP contribution in [0.1, 0.15) is 46.1 Å². The minimum absolute atomic E-state index is 0.00613. The highest BCUT2D eigenvalue weighted by molar-refractivity contribution is 8.26. The molecule has 1 fully saturated rings. The highest BCUT2D eigenvalue weighted by atomic mass is 32.2. The minimum Gasteiger partial charge on any atom is -0.496 e. The van der Waals surface area contributed by atoms with Crippen LogP contribution in [0.2, 0.25) is 0 Å². The molecule has 0 spiro atoms. The van der Waals surface area contributed by atoms with Gasteiger partial charge in [0.15, 0.2) is 5.17 Å². The zero-order chi connectivity index (χ0) is 24.4. The van der Waals surface area contributed by atoms with E-state index in [1.165, 1.54) is 0 Å². The van der Waals surface area contributed by atoms with Gasteiger partial charge in [-0.2, -0.15) is 0 Å². The Balaban J connectivity index is 1.76. The van der Waals surface area contributed by atoms with Gasteiger partial charge in [0.25, 0.3) is 0 Å². The number of pyridine rings is 1. The molecule has 0 bridgehead atoms. The molecule has 0 aliphatic carbocycles. The predicted molar refractivity (Wildman–Crippen MR) is 137 cm³/mol. The molecule has 0 unspecified atom stereocenters. The summed E-state index contributed by atoms with van der Waals surface area (Å²) in [4.78, 5) is 6.16. The van der Waals surface area contributed by atoms with Crippen molar-refractivity contribution in [3.05, 3.63) is 42.1 Å². The van der Waals surface area contributed by atoms with Crippen molar-refractivity contribution in [2.24, 2.45) is 0 Å². The van der Waals surface area contributed by atoms with E-state index in [1.54, 1.807) is 20.4 Å². The Morgan fingerprint density at radius 1 is 1.03 bits per heavy atom. The molecule has 0 atom stereocenters. The summed E-state index contributed by atoms with van der Waals surface area (Å²) < 4.78 is 10.8. The van der Waals surface area contributed by atoms with Crippen LogP contribution in [0, 0.1) is 10.8 Å². The fourth-order valence-electron chi connectivity index (χ4n) is 4.69. The molecule has 3 N–H and O–H groups in total. The largest absolute Gasteiger partial charge is 0.496 e. The van der Waals surface area contributed by atoms with Gasteiger partial charge in [-0.15, -0.1) is 0 Å². The molecular weight excluding hydrogens is 434 g/mol. The van der Waals surface area contributed by atoms with E-state index in [1.807, 2.05) is 42.3 Å². The second kappa shape index (κ2) is 9.73. The molecule has 0 saturated carbocycles. The lowest BCUT2D eigenvalue weighted by Gasteiger charge is -2.49. The van der Waals surface area contributed by atoms with Gasteiger partial charge in [-0.05, 0) is 81.6 Å². The van der Waals surface area contributed by atoms with Gasteiger partial charge in [-0.3, -0.25) is 10.8 Å². The Hall–Kier alpha value is -2.58. The Morgan fingerprint density at radius 2 is 1.67 bits per heavy atom. The van der Waals surface area contributed by atoms with E-state index >= 15 is 0 Å². The normalized spacial score (nSPS) is 17.3. The Kier molecular flexibility index (Phi) is 7.39. The molecule has 0 amide bonds. The van der Waals surface area contributed by atoms with Gasteiger partial charge in [0.05, 0.1) is 14.2 Å². The van der Waals surface area contributed by atoms with E-state index in [0.29, 0.717) is 22.4 Å². The van der Waals surface area contributed by atoms with E-state index in [4.69, 9.17) is 20.3 Å². The monoisotopic (exact) mass is 469 g/mol. The lowest BCUT2D eigenvalue weighted by molar-refractivity contribution is 0.114. The number of thioether (sulfide) groups is 1. The van der Waals surface area contributed by atoms with Gasteiger partial charge < -0.3 is 19.7 Å². The van der Waals surface area contributed by atoms with Gasteiger partial charge in [0.2, 0.25) is 5.88 Å². The van der Waals surface area contributed by atoms with Crippen LogP contribution in [0.25, 0.3) is 11.1 Å². The third kappa shape index (κ3) is 6.06. The van der Waals surface area contributed by atoms with E-state index in [-0.39, 0.29) is 22.2 Å². The molecule has 1 saturated heterocycles. The number of hydrogen-bond donors (Lipinski definition) is 3. The summed E-state index contributed by atoms with van der Waals surface area (Å²) >= 11 is 1.15. The summed E-state index contributed by atoms with van der Waals surface area (Å²) in [6.07, 6.45) is 3.58. The van der Waals surface area contributed by atoms with Gasteiger partial charge in [0, 0.05) is 42.0 Å². The summed E-state index contributed by atoms with van der Waals surface area (Å²) in [5.41, 5.74) is 2.55. The van der Waals surface area contributed by atoms with Crippen molar-refractivity contribution in [3.8, 4) is 22.8 Å². The summed E-state index contributed by atoms with van der Waals surface area (Å²) in [6.45, 7) is 8.83. The zero-order valence-corrected chi connectivity index (χ0v) is 21.4. The second-order valence-electron chi connectivity index (χ2n) is 9.80. The molecule has 7 nitrogen and oxygen atoms in total. The Morgan fingerprint density at radius 3 is 2.27 bits per heavy atom. The van der Waals surface area contributed by atoms with Crippen LogP contribution >= 0.6 is 11.8 Å². The number of amidine groups is 1. The quantitative estimate of drug-likeness (QED) is 0.421. The fraction of sp³-hybridized carbons (Fsp3) is 0.480. The van der Waals surface area contributed by atoms with Crippen molar-refractivity contribution >= 4 is 22.0 Å². The first-order valence-corrected chi connectivity index (χ1v) is 11.8. The van der Waals surface area contributed by atoms with Crippen molar-refractivity contribution in [3.63, 3.8) is 0 Å². The minimum atomic E-state index is -0.00613. The average molecular weight is 470 g/mol. The van der Waals surface area contributed by atoms with Crippen LogP contribution < -0.4 is 14.8 Å². The lowest BCUT2D eigenvalue weighted by Crippen LogP contribution is -2.62. The first kappa shape index (κ1) is 25.1. The Labute approximate surface area is 201 Å². The average Bonchev–Trinajstić information content (AvgIpc) is 2.75. The molecule has 1 aromatic carbocycles. The molecule has 3 rings (SSSR count). The molecule has 1 aliphatic heterocycles. The highest BCUT2D eigenvalue weighted by Gasteiger charge is 2.39. The second-order valence-corrected chi connectivity index (χ2v) is 10.8. The topological polar surface area (TPSA) is 94.3 Å². The highest BCUT2D eigenvalue weighted by Crippen LogP contribution is 2.34. The molecule has 2 aromatic rings. The molecule has 1 aliphatic rings. The standard InChI is InChI=1S/C25H35N5O2S/c1-24(2)14-18(15-25(3,4)29-24)30(5)23(27)33-22(26)19-9-8-16(12-20(19)31-6)17-10-11-28-21(13-17)32-7/h8-13,18,26-27,29H,14-15H2,1-7H3. The third-order valence-corrected chi connectivity index (χ3v) is 6.86. The van der Waals surface area contributed by atoms with E-state index in [9.17, 15) is 0 Å². The summed E-state index contributed by atoms with van der Waals surface area (Å²) in [6, 6.07) is 9.73. The number of ether oxygens (including phenoxy) is 2. The molecule has 33 heavy (non-hydrogen) atoms. The maximum absolute atomic E-state index is 8.68. The third-order valence-electron chi connectivity index (χ3n) is 5.96. The number of nitrogens with zero attached hydrogens (tertiary/aromatic N) is 2. The maximum Gasteiger partial charge on any atom is 0.213 e. The number of piperidine rings is 1. The molecule has 1 aromatic heterocycles. The van der Waals surface area contributed by atoms with Crippen molar-refractivity contribution in [2.75, 3.05) is 21.3 Å². The number of benzene rings is 1. The number of methoxy groups -OCH3 is 2. The first-order chi connectivity index (χ1) is 15.4. The van der Waals surface area contributed by atoms with E-state index in [2.05, 4.69) is 38.0 Å². The zero-order valence-electron chi connectivity index (χ0n) is 20.6. The number of nitrogens with one attached hydrogen (secondary N) is 3. The van der Waals surface area contributed by atoms with Gasteiger partial charge in [-0.25, -0.2) is 4.98 Å². The van der Waals surface area contributed by atoms with Crippen LogP contribution in [0.15, 0.2) is 36.5 Å². The van der Waals surface area contributed by atoms with Crippen molar-refractivity contribution in [1.82, 2.24) is 15.2 Å². The van der Waals surface area contributed by atoms with Crippen molar-refractivity contribution in [2.45, 2.75) is 57.7 Å². The number of hydrogen-bond acceptors (Lipinski definition) is 7. The fourth-order valence-corrected chi connectivity index (χ4v) is 5.46. The summed E-state index contributed by atoms with van der Waals surface area (Å²) in [5, 5.41) is 21.7. The smallest absolute Gasteiger partial charge is 0.213 e. The Bertz CT molecular complexity index is 1020. The van der Waals surface area contributed by atoms with E-state index < -0.39 is 0 Å². The van der Waals surface area contributed by atoms with Gasteiger partial charge in [0.1, 0.15) is 10.8 Å². The first-order valence-electron chi connectivity index (χ1n) is 11.0. The van der Waals surface area contributed by atoms with E-state index in [0.717, 1.165) is 35.7 Å². The van der Waals surface area contributed by atoms with Crippen molar-refractivity contribution < 1.29 is 9.47 Å². The molecule has 0 radical (unpaired) electrons. The molecular formula is C25H35N5O2S. The number of rotatable bonds is 5. The van der Waals surface area contributed by atoms with Crippen LogP contribution in [-0.2, 0) is 0 Å². The molecule has 178 valence electrons. The predicted octanol–water partition coefficient (Wildman–Crippen LogP) is 5.00. The van der Waals surface area contributed by atoms with Crippen LogP contribution in [-0.4, -0.2) is 58.5 Å². The molecule has 2 heterocycles. The van der Waals surface area contributed by atoms with Crippen molar-refractivity contribution in [1.29, 1.82) is 10.8 Å². The van der Waals surface area contributed by atoms with Crippen LogP contribution in [0.5, 0.6) is 11.6 Å². The number of aromatic nitrogens is 1. The van der Waals surface area contributed by atoms with Gasteiger partial charge in [-0.1, -0.05) is 6.07 Å². The lowest BCUT2D eigenvalue weighted by atomic mass is 9.79. The van der Waals surface area contributed by atoms with Crippen LogP contribution in [0.4, 0.5) is 0 Å². The summed E-state index contributed by atoms with van der Waals surface area (Å²) in [5.74, 6) is 1.14. The maximum atomic E-state index is 8.68. The van der Waals surface area contributed by atoms with Gasteiger partial charge >= 0.3 is 0 Å². The SMILES string of the molecule is COc1cc(-c2ccc(C(=N)SC(=N)N(C)C3CC(C)(C)NC(C)(C)C3)c(OC)c2)ccn1.